The lowest BCUT2D eigenvalue weighted by molar-refractivity contribution is -0.147. The summed E-state index contributed by atoms with van der Waals surface area (Å²) >= 11 is 0. The molecule has 31 heavy (non-hydrogen) atoms. The van der Waals surface area contributed by atoms with Gasteiger partial charge in [0.25, 0.3) is 5.91 Å². The Bertz CT molecular complexity index is 1130. The van der Waals surface area contributed by atoms with Crippen LogP contribution in [0.5, 0.6) is 0 Å². The lowest BCUT2D eigenvalue weighted by Crippen LogP contribution is -2.56. The van der Waals surface area contributed by atoms with Crippen molar-refractivity contribution in [1.29, 1.82) is 0 Å². The van der Waals surface area contributed by atoms with E-state index in [1.54, 1.807) is 15.5 Å². The van der Waals surface area contributed by atoms with Gasteiger partial charge in [0.2, 0.25) is 5.91 Å². The molecule has 158 valence electrons. The molecule has 0 spiro atoms. The third-order valence-electron chi connectivity index (χ3n) is 6.16. The molecule has 3 aromatic rings. The summed E-state index contributed by atoms with van der Waals surface area (Å²) in [5, 5.41) is 0. The number of rotatable bonds is 3. The van der Waals surface area contributed by atoms with Gasteiger partial charge in [-0.15, -0.1) is 0 Å². The van der Waals surface area contributed by atoms with Gasteiger partial charge >= 0.3 is 5.97 Å². The lowest BCUT2D eigenvalue weighted by Gasteiger charge is -2.39. The van der Waals surface area contributed by atoms with Crippen LogP contribution >= 0.6 is 0 Å². The minimum Gasteiger partial charge on any atom is -0.469 e. The van der Waals surface area contributed by atoms with Gasteiger partial charge in [0, 0.05) is 18.9 Å². The first-order valence-corrected chi connectivity index (χ1v) is 10.2. The fraction of sp³-hybridized carbons (Fsp3) is 0.304. The van der Waals surface area contributed by atoms with E-state index in [1.807, 2.05) is 54.7 Å². The molecule has 2 fully saturated rings. The van der Waals surface area contributed by atoms with Gasteiger partial charge in [0.15, 0.2) is 0 Å². The van der Waals surface area contributed by atoms with Crippen LogP contribution in [0, 0.1) is 5.92 Å². The highest BCUT2D eigenvalue weighted by Gasteiger charge is 2.51. The lowest BCUT2D eigenvalue weighted by atomic mass is 9.93. The SMILES string of the molecule is COC(=O)[C@H]1C[C@H]2CN(C(=O)c3cn4ccccc4n3)CC(=O)N2[C@H]1c1ccccc1. The minimum absolute atomic E-state index is 0.0412. The van der Waals surface area contributed by atoms with Crippen molar-refractivity contribution in [3.05, 3.63) is 72.2 Å². The summed E-state index contributed by atoms with van der Waals surface area (Å²) in [6, 6.07) is 14.4. The van der Waals surface area contributed by atoms with Gasteiger partial charge in [-0.05, 0) is 24.1 Å². The largest absolute Gasteiger partial charge is 0.469 e. The minimum atomic E-state index is -0.466. The van der Waals surface area contributed by atoms with E-state index in [0.717, 1.165) is 5.56 Å². The maximum atomic E-state index is 13.2. The van der Waals surface area contributed by atoms with E-state index >= 15 is 0 Å². The number of benzene rings is 1. The molecule has 2 aromatic heterocycles. The van der Waals surface area contributed by atoms with Gasteiger partial charge in [-0.1, -0.05) is 36.4 Å². The monoisotopic (exact) mass is 418 g/mol. The Morgan fingerprint density at radius 3 is 2.61 bits per heavy atom. The number of esters is 1. The predicted octanol–water partition coefficient (Wildman–Crippen LogP) is 1.92. The molecule has 4 heterocycles. The van der Waals surface area contributed by atoms with Crippen molar-refractivity contribution in [2.24, 2.45) is 5.92 Å². The third-order valence-corrected chi connectivity index (χ3v) is 6.16. The Kier molecular flexibility index (Phi) is 4.69. The Labute approximate surface area is 179 Å². The van der Waals surface area contributed by atoms with Crippen LogP contribution in [0.4, 0.5) is 0 Å². The first kappa shape index (κ1) is 19.3. The van der Waals surface area contributed by atoms with Crippen LogP contribution in [0.25, 0.3) is 5.65 Å². The zero-order chi connectivity index (χ0) is 21.5. The second-order valence-electron chi connectivity index (χ2n) is 7.95. The van der Waals surface area contributed by atoms with Crippen molar-refractivity contribution in [2.75, 3.05) is 20.2 Å². The summed E-state index contributed by atoms with van der Waals surface area (Å²) in [5.74, 6) is -1.26. The number of aromatic nitrogens is 2. The molecule has 0 bridgehead atoms. The average Bonchev–Trinajstić information content (AvgIpc) is 3.40. The number of nitrogens with zero attached hydrogens (tertiary/aromatic N) is 4. The molecule has 1 aromatic carbocycles. The first-order chi connectivity index (χ1) is 15.1. The van der Waals surface area contributed by atoms with E-state index < -0.39 is 12.0 Å². The molecule has 0 radical (unpaired) electrons. The molecule has 0 N–H and O–H groups in total. The molecule has 0 unspecified atom stereocenters. The number of imidazole rings is 1. The van der Waals surface area contributed by atoms with E-state index in [4.69, 9.17) is 4.74 Å². The number of carbonyl (C=O) groups is 3. The van der Waals surface area contributed by atoms with Gasteiger partial charge in [0.1, 0.15) is 17.9 Å². The number of piperazine rings is 1. The summed E-state index contributed by atoms with van der Waals surface area (Å²) in [7, 11) is 1.36. The highest BCUT2D eigenvalue weighted by atomic mass is 16.5. The third kappa shape index (κ3) is 3.24. The van der Waals surface area contributed by atoms with Crippen molar-refractivity contribution >= 4 is 23.4 Å². The van der Waals surface area contributed by atoms with Crippen LogP contribution in [0.1, 0.15) is 28.5 Å². The summed E-state index contributed by atoms with van der Waals surface area (Å²) in [5.41, 5.74) is 1.87. The standard InChI is InChI=1S/C23H22N4O4/c1-31-23(30)17-11-16-12-26(22(29)18-13-25-10-6-5-9-19(25)24-18)14-20(28)27(16)21(17)15-7-3-2-4-8-15/h2-10,13,16-17,21H,11-12,14H2,1H3/t16-,17-,21-/m0/s1. The molecule has 5 rings (SSSR count). The maximum absolute atomic E-state index is 13.2. The zero-order valence-corrected chi connectivity index (χ0v) is 17.0. The van der Waals surface area contributed by atoms with E-state index in [-0.39, 0.29) is 30.4 Å². The average molecular weight is 418 g/mol. The van der Waals surface area contributed by atoms with Crippen molar-refractivity contribution in [3.8, 4) is 0 Å². The Balaban J connectivity index is 1.43. The molecule has 2 amide bonds. The highest BCUT2D eigenvalue weighted by molar-refractivity contribution is 5.96. The molecular formula is C23H22N4O4. The van der Waals surface area contributed by atoms with Gasteiger partial charge in [0.05, 0.1) is 25.1 Å². The van der Waals surface area contributed by atoms with Crippen molar-refractivity contribution < 1.29 is 19.1 Å². The highest BCUT2D eigenvalue weighted by Crippen LogP contribution is 2.43. The number of hydrogen-bond donors (Lipinski definition) is 0. The van der Waals surface area contributed by atoms with E-state index in [9.17, 15) is 14.4 Å². The summed E-state index contributed by atoms with van der Waals surface area (Å²) in [4.78, 5) is 46.5. The first-order valence-electron chi connectivity index (χ1n) is 10.2. The normalized spacial score (nSPS) is 23.1. The van der Waals surface area contributed by atoms with Crippen LogP contribution in [0.2, 0.25) is 0 Å². The molecule has 3 atom stereocenters. The van der Waals surface area contributed by atoms with Crippen LogP contribution in [0.15, 0.2) is 60.9 Å². The quantitative estimate of drug-likeness (QED) is 0.607. The maximum Gasteiger partial charge on any atom is 0.311 e. The number of methoxy groups -OCH3 is 1. The van der Waals surface area contributed by atoms with Gasteiger partial charge in [-0.3, -0.25) is 14.4 Å². The van der Waals surface area contributed by atoms with E-state index in [0.29, 0.717) is 24.3 Å². The topological polar surface area (TPSA) is 84.2 Å². The second-order valence-corrected chi connectivity index (χ2v) is 7.95. The molecule has 0 saturated carbocycles. The number of amides is 2. The zero-order valence-electron chi connectivity index (χ0n) is 17.0. The van der Waals surface area contributed by atoms with Crippen molar-refractivity contribution in [3.63, 3.8) is 0 Å². The molecule has 8 nitrogen and oxygen atoms in total. The number of fused-ring (bicyclic) bond motifs is 2. The number of ether oxygens (including phenoxy) is 1. The molecule has 2 aliphatic rings. The van der Waals surface area contributed by atoms with Crippen molar-refractivity contribution in [1.82, 2.24) is 19.2 Å². The Hall–Kier alpha value is -3.68. The van der Waals surface area contributed by atoms with Crippen LogP contribution in [-0.2, 0) is 14.3 Å². The van der Waals surface area contributed by atoms with Crippen molar-refractivity contribution in [2.45, 2.75) is 18.5 Å². The predicted molar refractivity (Wildman–Crippen MR) is 111 cm³/mol. The molecule has 2 saturated heterocycles. The Morgan fingerprint density at radius 2 is 1.87 bits per heavy atom. The van der Waals surface area contributed by atoms with Crippen LogP contribution in [-0.4, -0.2) is 63.2 Å². The van der Waals surface area contributed by atoms with E-state index in [2.05, 4.69) is 4.98 Å². The second kappa shape index (κ2) is 7.54. The summed E-state index contributed by atoms with van der Waals surface area (Å²) in [6.07, 6.45) is 3.95. The number of pyridine rings is 1. The summed E-state index contributed by atoms with van der Waals surface area (Å²) < 4.78 is 6.81. The number of hydrogen-bond acceptors (Lipinski definition) is 5. The summed E-state index contributed by atoms with van der Waals surface area (Å²) in [6.45, 7) is 0.315. The molecule has 0 aliphatic carbocycles. The number of carbonyl (C=O) groups excluding carboxylic acids is 3. The fourth-order valence-corrected chi connectivity index (χ4v) is 4.82. The molecule has 2 aliphatic heterocycles. The smallest absolute Gasteiger partial charge is 0.311 e. The molecular weight excluding hydrogens is 396 g/mol. The van der Waals surface area contributed by atoms with Crippen LogP contribution in [0.3, 0.4) is 0 Å². The van der Waals surface area contributed by atoms with Gasteiger partial charge < -0.3 is 18.9 Å². The van der Waals surface area contributed by atoms with Gasteiger partial charge in [-0.2, -0.15) is 0 Å². The van der Waals surface area contributed by atoms with Gasteiger partial charge in [-0.25, -0.2) is 4.98 Å². The fourth-order valence-electron chi connectivity index (χ4n) is 4.82. The Morgan fingerprint density at radius 1 is 1.10 bits per heavy atom. The van der Waals surface area contributed by atoms with E-state index in [1.165, 1.54) is 12.0 Å². The molecule has 8 heteroatoms. The van der Waals surface area contributed by atoms with Crippen LogP contribution < -0.4 is 0 Å².